The Hall–Kier alpha value is -2.35. The summed E-state index contributed by atoms with van der Waals surface area (Å²) in [6.07, 6.45) is 6.43. The van der Waals surface area contributed by atoms with Crippen LogP contribution in [-0.2, 0) is 11.4 Å². The highest BCUT2D eigenvalue weighted by Crippen LogP contribution is 2.42. The summed E-state index contributed by atoms with van der Waals surface area (Å²) in [7, 11) is 0. The van der Waals surface area contributed by atoms with E-state index in [-0.39, 0.29) is 11.9 Å². The topological polar surface area (TPSA) is 41.9 Å². The molecule has 1 saturated heterocycles. The van der Waals surface area contributed by atoms with Crippen LogP contribution in [0.3, 0.4) is 0 Å². The van der Waals surface area contributed by atoms with Gasteiger partial charge in [-0.05, 0) is 82.4 Å². The summed E-state index contributed by atoms with van der Waals surface area (Å²) in [6.45, 7) is 2.69. The molecule has 37 heavy (non-hydrogen) atoms. The number of amidine groups is 1. The van der Waals surface area contributed by atoms with Gasteiger partial charge in [0.2, 0.25) is 0 Å². The molecule has 2 fully saturated rings. The second-order valence-electron chi connectivity index (χ2n) is 9.43. The first kappa shape index (κ1) is 26.3. The van der Waals surface area contributed by atoms with Crippen molar-refractivity contribution in [3.8, 4) is 5.75 Å². The fourth-order valence-corrected chi connectivity index (χ4v) is 7.27. The minimum Gasteiger partial charge on any atom is -0.487 e. The molecule has 1 aliphatic heterocycles. The average Bonchev–Trinajstić information content (AvgIpc) is 3.19. The third-order valence-electron chi connectivity index (χ3n) is 6.77. The van der Waals surface area contributed by atoms with Gasteiger partial charge in [0.05, 0.1) is 15.1 Å². The Morgan fingerprint density at radius 1 is 1.03 bits per heavy atom. The van der Waals surface area contributed by atoms with E-state index in [1.165, 1.54) is 18.2 Å². The summed E-state index contributed by atoms with van der Waals surface area (Å²) in [4.78, 5) is 21.4. The lowest BCUT2D eigenvalue weighted by molar-refractivity contribution is -0.124. The first-order valence-corrected chi connectivity index (χ1v) is 14.9. The largest absolute Gasteiger partial charge is 0.487 e. The van der Waals surface area contributed by atoms with Crippen molar-refractivity contribution < 1.29 is 9.53 Å². The van der Waals surface area contributed by atoms with Crippen LogP contribution in [0.2, 0.25) is 0 Å². The van der Waals surface area contributed by atoms with E-state index in [0.29, 0.717) is 23.2 Å². The van der Waals surface area contributed by atoms with Crippen LogP contribution < -0.4 is 4.74 Å². The maximum absolute atomic E-state index is 13.9. The number of halogens is 2. The number of aliphatic imine (C=N–C) groups is 1. The number of carbonyl (C=O) groups is 1. The zero-order valence-corrected chi connectivity index (χ0v) is 24.6. The van der Waals surface area contributed by atoms with Crippen LogP contribution in [0.1, 0.15) is 43.7 Å². The number of ether oxygens (including phenoxy) is 1. The van der Waals surface area contributed by atoms with Crippen molar-refractivity contribution in [2.45, 2.75) is 45.3 Å². The molecule has 3 aromatic rings. The quantitative estimate of drug-likeness (QED) is 0.253. The Kier molecular flexibility index (Phi) is 8.53. The number of hydrogen-bond acceptors (Lipinski definition) is 4. The Morgan fingerprint density at radius 2 is 1.73 bits per heavy atom. The van der Waals surface area contributed by atoms with Gasteiger partial charge in [-0.1, -0.05) is 84.2 Å². The van der Waals surface area contributed by atoms with E-state index in [1.807, 2.05) is 83.8 Å². The molecule has 190 valence electrons. The second kappa shape index (κ2) is 12.0. The fourth-order valence-electron chi connectivity index (χ4n) is 4.86. The molecule has 1 aliphatic carbocycles. The van der Waals surface area contributed by atoms with Gasteiger partial charge in [0.15, 0.2) is 5.17 Å². The molecule has 1 heterocycles. The summed E-state index contributed by atoms with van der Waals surface area (Å²) in [6, 6.07) is 24.1. The molecule has 0 radical (unpaired) electrons. The monoisotopic (exact) mass is 638 g/mol. The molecule has 1 saturated carbocycles. The average molecular weight is 640 g/mol. The van der Waals surface area contributed by atoms with Crippen LogP contribution in [0.15, 0.2) is 91.6 Å². The minimum atomic E-state index is 0.0172. The van der Waals surface area contributed by atoms with Gasteiger partial charge in [0.25, 0.3) is 5.91 Å². The highest BCUT2D eigenvalue weighted by molar-refractivity contribution is 9.11. The van der Waals surface area contributed by atoms with Gasteiger partial charge in [0, 0.05) is 16.1 Å². The van der Waals surface area contributed by atoms with Crippen molar-refractivity contribution in [1.29, 1.82) is 0 Å². The van der Waals surface area contributed by atoms with E-state index in [9.17, 15) is 4.79 Å². The molecule has 0 N–H and O–H groups in total. The molecule has 0 aromatic heterocycles. The van der Waals surface area contributed by atoms with Crippen molar-refractivity contribution in [3.63, 3.8) is 0 Å². The highest BCUT2D eigenvalue weighted by atomic mass is 79.9. The van der Waals surface area contributed by atoms with Crippen LogP contribution in [0.4, 0.5) is 5.69 Å². The molecular weight excluding hydrogens is 612 g/mol. The number of benzene rings is 3. The first-order chi connectivity index (χ1) is 18.0. The van der Waals surface area contributed by atoms with Gasteiger partial charge >= 0.3 is 0 Å². The number of para-hydroxylation sites is 1. The maximum atomic E-state index is 13.9. The summed E-state index contributed by atoms with van der Waals surface area (Å²) in [5, 5.41) is 0.752. The molecule has 0 spiro atoms. The fraction of sp³-hybridized carbons (Fsp3) is 0.267. The predicted molar refractivity (Wildman–Crippen MR) is 160 cm³/mol. The number of hydrogen-bond donors (Lipinski definition) is 0. The molecule has 5 rings (SSSR count). The lowest BCUT2D eigenvalue weighted by atomic mass is 9.85. The van der Waals surface area contributed by atoms with Gasteiger partial charge in [-0.2, -0.15) is 0 Å². The van der Waals surface area contributed by atoms with Crippen LogP contribution in [0.25, 0.3) is 6.08 Å². The van der Waals surface area contributed by atoms with Crippen LogP contribution in [0.5, 0.6) is 5.75 Å². The Bertz CT molecular complexity index is 1330. The van der Waals surface area contributed by atoms with Crippen LogP contribution in [0, 0.1) is 5.92 Å². The summed E-state index contributed by atoms with van der Waals surface area (Å²) in [5.74, 6) is 1.16. The maximum Gasteiger partial charge on any atom is 0.267 e. The Labute approximate surface area is 239 Å². The van der Waals surface area contributed by atoms with Gasteiger partial charge in [-0.25, -0.2) is 4.99 Å². The van der Waals surface area contributed by atoms with Crippen molar-refractivity contribution in [2.75, 3.05) is 0 Å². The number of carbonyl (C=O) groups excluding carboxylic acids is 1. The van der Waals surface area contributed by atoms with Crippen LogP contribution >= 0.6 is 43.6 Å². The van der Waals surface area contributed by atoms with Gasteiger partial charge in [0.1, 0.15) is 12.4 Å². The molecule has 0 unspecified atom stereocenters. The highest BCUT2D eigenvalue weighted by Gasteiger charge is 2.41. The molecule has 1 amide bonds. The summed E-state index contributed by atoms with van der Waals surface area (Å²) >= 11 is 8.72. The second-order valence-corrected chi connectivity index (χ2v) is 12.2. The summed E-state index contributed by atoms with van der Waals surface area (Å²) in [5.41, 5.74) is 2.77. The zero-order valence-electron chi connectivity index (χ0n) is 20.6. The van der Waals surface area contributed by atoms with Crippen molar-refractivity contribution in [2.24, 2.45) is 10.9 Å². The predicted octanol–water partition coefficient (Wildman–Crippen LogP) is 8.97. The van der Waals surface area contributed by atoms with Crippen molar-refractivity contribution >= 4 is 66.5 Å². The van der Waals surface area contributed by atoms with Crippen molar-refractivity contribution in [3.05, 3.63) is 97.8 Å². The molecule has 4 nitrogen and oxygen atoms in total. The van der Waals surface area contributed by atoms with Gasteiger partial charge < -0.3 is 4.74 Å². The number of nitrogens with zero attached hydrogens (tertiary/aromatic N) is 2. The van der Waals surface area contributed by atoms with E-state index in [4.69, 9.17) is 9.73 Å². The van der Waals surface area contributed by atoms with E-state index in [1.54, 1.807) is 0 Å². The third-order valence-corrected chi connectivity index (χ3v) is 8.80. The molecule has 2 atom stereocenters. The Morgan fingerprint density at radius 3 is 2.46 bits per heavy atom. The van der Waals surface area contributed by atoms with E-state index in [2.05, 4.69) is 38.8 Å². The van der Waals surface area contributed by atoms with E-state index in [0.717, 1.165) is 50.2 Å². The zero-order chi connectivity index (χ0) is 25.8. The van der Waals surface area contributed by atoms with Gasteiger partial charge in [-0.15, -0.1) is 0 Å². The van der Waals surface area contributed by atoms with E-state index >= 15 is 0 Å². The van der Waals surface area contributed by atoms with E-state index < -0.39 is 0 Å². The smallest absolute Gasteiger partial charge is 0.267 e. The summed E-state index contributed by atoms with van der Waals surface area (Å²) < 4.78 is 8.00. The molecule has 3 aromatic carbocycles. The third kappa shape index (κ3) is 6.21. The van der Waals surface area contributed by atoms with Crippen molar-refractivity contribution in [1.82, 2.24) is 4.90 Å². The first-order valence-electron chi connectivity index (χ1n) is 12.5. The molecular formula is C30H28Br2N2O2S. The number of thioether (sulfide) groups is 1. The number of rotatable bonds is 6. The Balaban J connectivity index is 1.51. The molecule has 2 aliphatic rings. The lowest BCUT2D eigenvalue weighted by Gasteiger charge is -2.35. The molecule has 7 heteroatoms. The normalized spacial score (nSPS) is 22.1. The van der Waals surface area contributed by atoms with Crippen LogP contribution in [-0.4, -0.2) is 22.0 Å². The number of amides is 1. The van der Waals surface area contributed by atoms with Gasteiger partial charge in [-0.3, -0.25) is 9.69 Å². The molecule has 0 bridgehead atoms. The SMILES string of the molecule is C[C@H]1CCCC[C@@H]1N1C(=O)/C(=C/c2cc(Br)cc(Br)c2OCc2ccccc2)SC1=Nc1ccccc1. The minimum absolute atomic E-state index is 0.0172. The lowest BCUT2D eigenvalue weighted by Crippen LogP contribution is -2.44. The standard InChI is InChI=1S/C30H28Br2N2O2S/c1-20-10-8-9-15-26(20)34-29(35)27(37-30(34)33-24-13-6-3-7-14-24)17-22-16-23(31)18-25(32)28(22)36-19-21-11-4-2-5-12-21/h2-7,11-14,16-18,20,26H,8-10,15,19H2,1H3/b27-17-,33-30?/t20-,26-/m0/s1.